The first-order chi connectivity index (χ1) is 9.83. The highest BCUT2D eigenvalue weighted by Gasteiger charge is 2.18. The number of nitro groups is 1. The highest BCUT2D eigenvalue weighted by molar-refractivity contribution is 6.31. The lowest BCUT2D eigenvalue weighted by molar-refractivity contribution is -0.384. The number of nitrogens with zero attached hydrogens (tertiary/aromatic N) is 1. The molecule has 2 N–H and O–H groups in total. The maximum Gasteiger partial charge on any atom is 0.305 e. The van der Waals surface area contributed by atoms with Crippen LogP contribution in [-0.2, 0) is 4.79 Å². The lowest BCUT2D eigenvalue weighted by Crippen LogP contribution is -2.36. The third-order valence-electron chi connectivity index (χ3n) is 2.75. The van der Waals surface area contributed by atoms with Gasteiger partial charge in [0.2, 0.25) is 0 Å². The van der Waals surface area contributed by atoms with Crippen molar-refractivity contribution in [3.63, 3.8) is 0 Å². The van der Waals surface area contributed by atoms with Gasteiger partial charge in [-0.05, 0) is 12.5 Å². The summed E-state index contributed by atoms with van der Waals surface area (Å²) < 4.78 is 0. The second-order valence-electron chi connectivity index (χ2n) is 4.51. The van der Waals surface area contributed by atoms with Crippen LogP contribution in [0.2, 0.25) is 5.02 Å². The molecule has 0 saturated carbocycles. The molecule has 1 aromatic rings. The Bertz CT molecular complexity index is 561. The van der Waals surface area contributed by atoms with Crippen molar-refractivity contribution in [2.75, 3.05) is 0 Å². The van der Waals surface area contributed by atoms with Crippen molar-refractivity contribution in [3.8, 4) is 0 Å². The number of benzene rings is 1. The second kappa shape index (κ2) is 7.58. The number of non-ortho nitro benzene ring substituents is 1. The van der Waals surface area contributed by atoms with E-state index in [1.54, 1.807) is 0 Å². The van der Waals surface area contributed by atoms with Gasteiger partial charge in [0, 0.05) is 28.8 Å². The first kappa shape index (κ1) is 16.9. The summed E-state index contributed by atoms with van der Waals surface area (Å²) in [6.07, 6.45) is 0.997. The van der Waals surface area contributed by atoms with Crippen molar-refractivity contribution < 1.29 is 19.6 Å². The number of hydrogen-bond donors (Lipinski definition) is 2. The van der Waals surface area contributed by atoms with Crippen LogP contribution in [0.25, 0.3) is 0 Å². The average molecular weight is 315 g/mol. The fourth-order valence-electron chi connectivity index (χ4n) is 1.86. The van der Waals surface area contributed by atoms with Crippen molar-refractivity contribution in [2.24, 2.45) is 0 Å². The number of halogens is 1. The number of amides is 1. The maximum atomic E-state index is 12.1. The number of rotatable bonds is 7. The van der Waals surface area contributed by atoms with Crippen LogP contribution in [-0.4, -0.2) is 27.9 Å². The van der Waals surface area contributed by atoms with Crippen molar-refractivity contribution in [3.05, 3.63) is 38.9 Å². The molecule has 0 spiro atoms. The summed E-state index contributed by atoms with van der Waals surface area (Å²) in [5, 5.41) is 22.2. The molecule has 0 fully saturated rings. The van der Waals surface area contributed by atoms with Crippen molar-refractivity contribution in [1.82, 2.24) is 5.32 Å². The van der Waals surface area contributed by atoms with E-state index < -0.39 is 22.8 Å². The molecule has 21 heavy (non-hydrogen) atoms. The average Bonchev–Trinajstić information content (AvgIpc) is 2.37. The number of carbonyl (C=O) groups excluding carboxylic acids is 1. The lowest BCUT2D eigenvalue weighted by Gasteiger charge is -2.16. The molecule has 1 rings (SSSR count). The van der Waals surface area contributed by atoms with Gasteiger partial charge in [-0.1, -0.05) is 24.9 Å². The first-order valence-corrected chi connectivity index (χ1v) is 6.69. The van der Waals surface area contributed by atoms with E-state index in [1.807, 2.05) is 6.92 Å². The van der Waals surface area contributed by atoms with Gasteiger partial charge in [0.25, 0.3) is 11.6 Å². The van der Waals surface area contributed by atoms with Gasteiger partial charge in [-0.25, -0.2) is 0 Å². The van der Waals surface area contributed by atoms with E-state index in [4.69, 9.17) is 16.7 Å². The molecule has 0 saturated heterocycles. The predicted octanol–water partition coefficient (Wildman–Crippen LogP) is 2.62. The van der Waals surface area contributed by atoms with Crippen LogP contribution in [0, 0.1) is 10.1 Å². The maximum absolute atomic E-state index is 12.1. The summed E-state index contributed by atoms with van der Waals surface area (Å²) in [4.78, 5) is 32.9. The number of carboxylic acids is 1. The molecule has 0 radical (unpaired) electrons. The number of carboxylic acid groups (broad SMARTS) is 1. The molecule has 1 amide bonds. The van der Waals surface area contributed by atoms with Gasteiger partial charge < -0.3 is 10.4 Å². The number of hydrogen-bond acceptors (Lipinski definition) is 4. The van der Waals surface area contributed by atoms with Crippen molar-refractivity contribution >= 4 is 29.2 Å². The van der Waals surface area contributed by atoms with Crippen LogP contribution in [0.5, 0.6) is 0 Å². The van der Waals surface area contributed by atoms with Gasteiger partial charge in [0.05, 0.1) is 11.3 Å². The van der Waals surface area contributed by atoms with Gasteiger partial charge >= 0.3 is 5.97 Å². The molecule has 0 aliphatic carbocycles. The summed E-state index contributed by atoms with van der Waals surface area (Å²) in [5.74, 6) is -1.61. The zero-order chi connectivity index (χ0) is 16.0. The minimum atomic E-state index is -1.02. The van der Waals surface area contributed by atoms with Crippen LogP contribution in [0.15, 0.2) is 18.2 Å². The molecule has 0 heterocycles. The second-order valence-corrected chi connectivity index (χ2v) is 4.95. The predicted molar refractivity (Wildman–Crippen MR) is 76.5 cm³/mol. The Kier molecular flexibility index (Phi) is 6.10. The van der Waals surface area contributed by atoms with Crippen LogP contribution >= 0.6 is 11.6 Å². The largest absolute Gasteiger partial charge is 0.481 e. The monoisotopic (exact) mass is 314 g/mol. The van der Waals surface area contributed by atoms with E-state index in [9.17, 15) is 19.7 Å². The highest BCUT2D eigenvalue weighted by atomic mass is 35.5. The van der Waals surface area contributed by atoms with E-state index in [-0.39, 0.29) is 22.7 Å². The molecule has 1 aromatic carbocycles. The van der Waals surface area contributed by atoms with Crippen LogP contribution in [0.3, 0.4) is 0 Å². The zero-order valence-electron chi connectivity index (χ0n) is 11.3. The van der Waals surface area contributed by atoms with E-state index in [0.717, 1.165) is 12.1 Å². The molecule has 1 unspecified atom stereocenters. The number of carbonyl (C=O) groups is 2. The molecule has 8 heteroatoms. The minimum Gasteiger partial charge on any atom is -0.481 e. The minimum absolute atomic E-state index is 0.0284. The van der Waals surface area contributed by atoms with Gasteiger partial charge in [0.15, 0.2) is 0 Å². The van der Waals surface area contributed by atoms with Crippen LogP contribution in [0.4, 0.5) is 5.69 Å². The first-order valence-electron chi connectivity index (χ1n) is 6.31. The molecule has 1 atom stereocenters. The fraction of sp³-hybridized carbons (Fsp3) is 0.385. The van der Waals surface area contributed by atoms with Crippen LogP contribution < -0.4 is 5.32 Å². The molecular weight excluding hydrogens is 300 g/mol. The molecule has 114 valence electrons. The van der Waals surface area contributed by atoms with E-state index >= 15 is 0 Å². The molecule has 0 aliphatic heterocycles. The van der Waals surface area contributed by atoms with Gasteiger partial charge in [-0.2, -0.15) is 0 Å². The lowest BCUT2D eigenvalue weighted by atomic mass is 10.1. The van der Waals surface area contributed by atoms with E-state index in [1.165, 1.54) is 6.07 Å². The molecular formula is C13H15ClN2O5. The number of nitro benzene ring substituents is 1. The summed E-state index contributed by atoms with van der Waals surface area (Å²) in [5.41, 5.74) is -0.265. The summed E-state index contributed by atoms with van der Waals surface area (Å²) in [6, 6.07) is 3.01. The van der Waals surface area contributed by atoms with Crippen molar-refractivity contribution in [1.29, 1.82) is 0 Å². The van der Waals surface area contributed by atoms with E-state index in [0.29, 0.717) is 12.8 Å². The third-order valence-corrected chi connectivity index (χ3v) is 2.97. The third kappa shape index (κ3) is 5.39. The van der Waals surface area contributed by atoms with Gasteiger partial charge in [-0.3, -0.25) is 19.7 Å². The molecule has 0 aliphatic rings. The molecule has 0 aromatic heterocycles. The quantitative estimate of drug-likeness (QED) is 0.594. The topological polar surface area (TPSA) is 110 Å². The Morgan fingerprint density at radius 2 is 2.10 bits per heavy atom. The Morgan fingerprint density at radius 1 is 1.43 bits per heavy atom. The Balaban J connectivity index is 2.91. The Morgan fingerprint density at radius 3 is 2.62 bits per heavy atom. The highest BCUT2D eigenvalue weighted by Crippen LogP contribution is 2.21. The molecule has 7 nitrogen and oxygen atoms in total. The Hall–Kier alpha value is -2.15. The molecule has 0 bridgehead atoms. The summed E-state index contributed by atoms with van der Waals surface area (Å²) in [7, 11) is 0. The standard InChI is InChI=1S/C13H15ClN2O5/c1-2-3-10(7-12(17)18)15-13(19)8-4-9(14)6-11(5-8)16(20)21/h4-6,10H,2-3,7H2,1H3,(H,15,19)(H,17,18). The zero-order valence-corrected chi connectivity index (χ0v) is 12.1. The van der Waals surface area contributed by atoms with Gasteiger partial charge in [0.1, 0.15) is 0 Å². The number of aliphatic carboxylic acids is 1. The SMILES string of the molecule is CCCC(CC(=O)O)NC(=O)c1cc(Cl)cc([N+](=O)[O-])c1. The smallest absolute Gasteiger partial charge is 0.305 e. The fourth-order valence-corrected chi connectivity index (χ4v) is 2.09. The number of nitrogens with one attached hydrogen (secondary N) is 1. The van der Waals surface area contributed by atoms with Crippen molar-refractivity contribution in [2.45, 2.75) is 32.2 Å². The van der Waals surface area contributed by atoms with Gasteiger partial charge in [-0.15, -0.1) is 0 Å². The summed E-state index contributed by atoms with van der Waals surface area (Å²) in [6.45, 7) is 1.87. The summed E-state index contributed by atoms with van der Waals surface area (Å²) >= 11 is 5.74. The van der Waals surface area contributed by atoms with E-state index in [2.05, 4.69) is 5.32 Å². The Labute approximate surface area is 126 Å². The van der Waals surface area contributed by atoms with Crippen LogP contribution in [0.1, 0.15) is 36.5 Å². The normalized spacial score (nSPS) is 11.7.